The Morgan fingerprint density at radius 1 is 0.710 bits per heavy atom. The van der Waals surface area contributed by atoms with Gasteiger partial charge < -0.3 is 9.47 Å². The van der Waals surface area contributed by atoms with Gasteiger partial charge in [0.2, 0.25) is 0 Å². The van der Waals surface area contributed by atoms with Crippen molar-refractivity contribution in [3.05, 3.63) is 83.9 Å². The van der Waals surface area contributed by atoms with E-state index in [2.05, 4.69) is 13.8 Å². The molecule has 0 aliphatic carbocycles. The smallest absolute Gasteiger partial charge is 0.331 e. The predicted octanol–water partition coefficient (Wildman–Crippen LogP) is 6.16. The molecule has 0 heterocycles. The second kappa shape index (κ2) is 18.7. The summed E-state index contributed by atoms with van der Waals surface area (Å²) in [4.78, 5) is 23.0. The first-order chi connectivity index (χ1) is 15.2. The Kier molecular flexibility index (Phi) is 16.2. The number of unbranched alkanes of at least 4 members (excludes halogenated alkanes) is 2. The molecule has 2 rings (SSSR count). The number of benzene rings is 2. The third-order valence-electron chi connectivity index (χ3n) is 4.22. The van der Waals surface area contributed by atoms with Crippen molar-refractivity contribution in [3.8, 4) is 0 Å². The molecule has 0 aliphatic rings. The van der Waals surface area contributed by atoms with Crippen LogP contribution in [0.4, 0.5) is 0 Å². The van der Waals surface area contributed by atoms with Crippen molar-refractivity contribution >= 4 is 33.1 Å². The molecule has 0 saturated heterocycles. The van der Waals surface area contributed by atoms with Gasteiger partial charge in [-0.05, 0) is 11.1 Å². The van der Waals surface area contributed by atoms with E-state index in [0.29, 0.717) is 0 Å². The molecule has 5 heteroatoms. The van der Waals surface area contributed by atoms with Gasteiger partial charge in [0.1, 0.15) is 13.2 Å². The van der Waals surface area contributed by atoms with E-state index in [1.54, 1.807) is 8.87 Å². The maximum absolute atomic E-state index is 11.5. The molecule has 0 spiro atoms. The molecule has 0 amide bonds. The van der Waals surface area contributed by atoms with E-state index < -0.39 is 11.9 Å². The molecule has 0 bridgehead atoms. The first-order valence-corrected chi connectivity index (χ1v) is 15.0. The second-order valence-corrected chi connectivity index (χ2v) is 11.3. The van der Waals surface area contributed by atoms with Gasteiger partial charge in [-0.25, -0.2) is 9.59 Å². The largest absolute Gasteiger partial charge is 0.458 e. The van der Waals surface area contributed by atoms with Gasteiger partial charge in [-0.3, -0.25) is 0 Å². The zero-order valence-corrected chi connectivity index (χ0v) is 21.6. The zero-order valence-electron chi connectivity index (χ0n) is 18.7. The van der Waals surface area contributed by atoms with Crippen LogP contribution in [-0.2, 0) is 32.3 Å². The van der Waals surface area contributed by atoms with Crippen molar-refractivity contribution in [2.24, 2.45) is 0 Å². The average molecular weight is 529 g/mol. The van der Waals surface area contributed by atoms with E-state index in [1.165, 1.54) is 25.7 Å². The molecular formula is C26H34O4Sn. The van der Waals surface area contributed by atoms with Crippen LogP contribution in [0.2, 0.25) is 8.87 Å². The average Bonchev–Trinajstić information content (AvgIpc) is 2.82. The van der Waals surface area contributed by atoms with Crippen molar-refractivity contribution in [2.45, 2.75) is 61.6 Å². The molecule has 0 aliphatic heterocycles. The number of hydrogen-bond acceptors (Lipinski definition) is 4. The number of ether oxygens (including phenoxy) is 2. The van der Waals surface area contributed by atoms with Crippen molar-refractivity contribution in [3.63, 3.8) is 0 Å². The molecule has 4 nitrogen and oxygen atoms in total. The summed E-state index contributed by atoms with van der Waals surface area (Å²) in [7, 11) is 0. The van der Waals surface area contributed by atoms with E-state index in [1.807, 2.05) is 60.7 Å². The summed E-state index contributed by atoms with van der Waals surface area (Å²) in [6.07, 6.45) is 7.97. The maximum atomic E-state index is 11.5. The summed E-state index contributed by atoms with van der Waals surface area (Å²) < 4.78 is 13.3. The monoisotopic (exact) mass is 530 g/mol. The van der Waals surface area contributed by atoms with Crippen LogP contribution >= 0.6 is 0 Å². The van der Waals surface area contributed by atoms with Crippen molar-refractivity contribution in [2.75, 3.05) is 0 Å². The molecule has 2 radical (unpaired) electrons. The van der Waals surface area contributed by atoms with Crippen molar-refractivity contribution < 1.29 is 19.1 Å². The summed E-state index contributed by atoms with van der Waals surface area (Å²) in [5, 5.41) is 0. The van der Waals surface area contributed by atoms with Gasteiger partial charge in [0, 0.05) is 12.2 Å². The van der Waals surface area contributed by atoms with Crippen LogP contribution in [0.3, 0.4) is 0 Å². The minimum absolute atomic E-state index is 0.149. The summed E-state index contributed by atoms with van der Waals surface area (Å²) in [6.45, 7) is 4.92. The summed E-state index contributed by atoms with van der Waals surface area (Å²) in [5.74, 6) is -1.17. The van der Waals surface area contributed by atoms with Crippen molar-refractivity contribution in [1.29, 1.82) is 0 Å². The van der Waals surface area contributed by atoms with E-state index in [-0.39, 0.29) is 34.4 Å². The number of rotatable bonds is 12. The summed E-state index contributed by atoms with van der Waals surface area (Å²) >= 11 is 0.149. The molecule has 0 saturated carbocycles. The fourth-order valence-electron chi connectivity index (χ4n) is 2.42. The number of hydrogen-bond donors (Lipinski definition) is 0. The Balaban J connectivity index is 0.000000452. The van der Waals surface area contributed by atoms with Crippen LogP contribution in [0.1, 0.15) is 50.7 Å². The van der Waals surface area contributed by atoms with E-state index in [4.69, 9.17) is 9.47 Å². The fraction of sp³-hybridized carbons (Fsp3) is 0.385. The zero-order chi connectivity index (χ0) is 22.6. The Morgan fingerprint density at radius 3 is 1.45 bits per heavy atom. The summed E-state index contributed by atoms with van der Waals surface area (Å²) in [5.41, 5.74) is 1.77. The van der Waals surface area contributed by atoms with Gasteiger partial charge in [0.05, 0.1) is 0 Å². The van der Waals surface area contributed by atoms with E-state index in [9.17, 15) is 9.59 Å². The normalized spacial score (nSPS) is 10.3. The predicted molar refractivity (Wildman–Crippen MR) is 127 cm³/mol. The first kappa shape index (κ1) is 27.0. The molecule has 31 heavy (non-hydrogen) atoms. The van der Waals surface area contributed by atoms with Crippen LogP contribution in [-0.4, -0.2) is 33.1 Å². The van der Waals surface area contributed by atoms with Gasteiger partial charge in [-0.1, -0.05) is 60.7 Å². The SMILES string of the molecule is CCC[CH2][Sn][CH2]CCC.O=C(C=CC(=O)OCc1ccccc1)OCc1ccccc1. The standard InChI is InChI=1S/C18H16O4.2C4H9.Sn/c19-17(21-13-15-7-3-1-4-8-15)11-12-18(20)22-14-16-9-5-2-6-10-16;2*1-3-4-2;/h1-12H,13-14H2;2*1,3-4H2,2H3;. The number of esters is 2. The Morgan fingerprint density at radius 2 is 1.10 bits per heavy atom. The maximum Gasteiger partial charge on any atom is 0.331 e. The van der Waals surface area contributed by atoms with E-state index in [0.717, 1.165) is 23.3 Å². The molecule has 166 valence electrons. The van der Waals surface area contributed by atoms with Gasteiger partial charge in [-0.15, -0.1) is 0 Å². The van der Waals surface area contributed by atoms with Crippen LogP contribution in [0.15, 0.2) is 72.8 Å². The molecule has 0 atom stereocenters. The van der Waals surface area contributed by atoms with Gasteiger partial charge in [0.25, 0.3) is 0 Å². The molecule has 0 unspecified atom stereocenters. The van der Waals surface area contributed by atoms with Crippen LogP contribution in [0.25, 0.3) is 0 Å². The second-order valence-electron chi connectivity index (χ2n) is 6.98. The van der Waals surface area contributed by atoms with E-state index >= 15 is 0 Å². The molecule has 0 aromatic heterocycles. The quantitative estimate of drug-likeness (QED) is 0.143. The topological polar surface area (TPSA) is 52.6 Å². The minimum atomic E-state index is -0.583. The Labute approximate surface area is 197 Å². The summed E-state index contributed by atoms with van der Waals surface area (Å²) in [6, 6.07) is 18.6. The third kappa shape index (κ3) is 15.4. The molecule has 2 aromatic carbocycles. The molecule has 0 fully saturated rings. The van der Waals surface area contributed by atoms with Crippen LogP contribution in [0.5, 0.6) is 0 Å². The Bertz CT molecular complexity index is 681. The Hall–Kier alpha value is -2.08. The fourth-order valence-corrected chi connectivity index (χ4v) is 6.58. The van der Waals surface area contributed by atoms with Crippen LogP contribution < -0.4 is 0 Å². The minimum Gasteiger partial charge on any atom is -0.458 e. The van der Waals surface area contributed by atoms with Crippen LogP contribution in [0, 0.1) is 0 Å². The molecule has 2 aromatic rings. The number of carbonyl (C=O) groups is 2. The molecular weight excluding hydrogens is 495 g/mol. The molecule has 0 N–H and O–H groups in total. The van der Waals surface area contributed by atoms with Gasteiger partial charge in [-0.2, -0.15) is 0 Å². The van der Waals surface area contributed by atoms with Gasteiger partial charge in [0.15, 0.2) is 0 Å². The first-order valence-electron chi connectivity index (χ1n) is 11.0. The number of carbonyl (C=O) groups excluding carboxylic acids is 2. The third-order valence-corrected chi connectivity index (χ3v) is 8.25. The van der Waals surface area contributed by atoms with Gasteiger partial charge >= 0.3 is 81.5 Å². The van der Waals surface area contributed by atoms with Crippen molar-refractivity contribution in [1.82, 2.24) is 0 Å².